The van der Waals surface area contributed by atoms with Gasteiger partial charge in [0.25, 0.3) is 0 Å². The number of nitrogens with zero attached hydrogens (tertiary/aromatic N) is 1. The van der Waals surface area contributed by atoms with Crippen molar-refractivity contribution in [1.82, 2.24) is 4.98 Å². The van der Waals surface area contributed by atoms with Crippen LogP contribution in [0.15, 0.2) is 60.7 Å². The molecule has 0 amide bonds. The molecular weight excluding hydrogens is 431 g/mol. The van der Waals surface area contributed by atoms with E-state index in [0.717, 1.165) is 29.7 Å². The van der Waals surface area contributed by atoms with Gasteiger partial charge in [0.15, 0.2) is 5.69 Å². The Balaban J connectivity index is 1.80. The third-order valence-corrected chi connectivity index (χ3v) is 5.70. The van der Waals surface area contributed by atoms with Crippen molar-refractivity contribution >= 4 is 17.1 Å². The summed E-state index contributed by atoms with van der Waals surface area (Å²) in [4.78, 5) is 15.8. The summed E-state index contributed by atoms with van der Waals surface area (Å²) in [5, 5.41) is 9.44. The second kappa shape index (κ2) is 9.10. The molecular formula is C26H22F3NO3. The van der Waals surface area contributed by atoms with E-state index >= 15 is 0 Å². The van der Waals surface area contributed by atoms with Gasteiger partial charge in [-0.15, -0.1) is 0 Å². The first-order valence-electron chi connectivity index (χ1n) is 10.6. The van der Waals surface area contributed by atoms with Crippen LogP contribution in [0.25, 0.3) is 11.1 Å². The second-order valence-corrected chi connectivity index (χ2v) is 7.96. The number of aromatic carboxylic acids is 1. The van der Waals surface area contributed by atoms with Gasteiger partial charge in [0.1, 0.15) is 12.4 Å². The van der Waals surface area contributed by atoms with Crippen LogP contribution in [0.4, 0.5) is 13.2 Å². The van der Waals surface area contributed by atoms with Crippen LogP contribution < -0.4 is 4.74 Å². The van der Waals surface area contributed by atoms with Crippen molar-refractivity contribution < 1.29 is 27.8 Å². The van der Waals surface area contributed by atoms with E-state index in [1.54, 1.807) is 19.1 Å². The lowest BCUT2D eigenvalue weighted by atomic mass is 9.96. The van der Waals surface area contributed by atoms with E-state index in [2.05, 4.69) is 4.98 Å². The molecule has 4 nitrogen and oxygen atoms in total. The van der Waals surface area contributed by atoms with Crippen molar-refractivity contribution in [3.63, 3.8) is 0 Å². The number of ether oxygens (including phenoxy) is 1. The standard InChI is InChI=1S/C26H22F3NO3/c1-16-10-12-22(30-24(16)25(31)32)20-9-5-8-19(20)21-14-18(26(27,28)29)11-13-23(21)33-15-17-6-3-2-4-7-17/h2-4,6-7,10-14H,5,8-9,15H2,1H3,(H,31,32). The summed E-state index contributed by atoms with van der Waals surface area (Å²) in [7, 11) is 0. The van der Waals surface area contributed by atoms with Crippen LogP contribution in [0.2, 0.25) is 0 Å². The molecule has 7 heteroatoms. The molecule has 1 aromatic heterocycles. The molecule has 1 heterocycles. The molecule has 4 rings (SSSR count). The number of halogens is 3. The third kappa shape index (κ3) is 4.92. The molecule has 0 radical (unpaired) electrons. The number of carbonyl (C=O) groups is 1. The fourth-order valence-electron chi connectivity index (χ4n) is 4.04. The summed E-state index contributed by atoms with van der Waals surface area (Å²) in [6.45, 7) is 1.88. The van der Waals surface area contributed by atoms with Gasteiger partial charge in [-0.1, -0.05) is 36.4 Å². The Kier molecular flexibility index (Phi) is 6.22. The van der Waals surface area contributed by atoms with E-state index in [0.29, 0.717) is 41.0 Å². The first-order chi connectivity index (χ1) is 15.7. The van der Waals surface area contributed by atoms with Crippen LogP contribution in [0, 0.1) is 6.92 Å². The molecule has 0 fully saturated rings. The highest BCUT2D eigenvalue weighted by molar-refractivity contribution is 5.95. The van der Waals surface area contributed by atoms with Gasteiger partial charge in [-0.05, 0) is 72.7 Å². The summed E-state index contributed by atoms with van der Waals surface area (Å²) < 4.78 is 46.5. The van der Waals surface area contributed by atoms with Gasteiger partial charge in [-0.3, -0.25) is 0 Å². The Bertz CT molecular complexity index is 1220. The number of benzene rings is 2. The van der Waals surface area contributed by atoms with Crippen molar-refractivity contribution in [2.75, 3.05) is 0 Å². The maximum atomic E-state index is 13.5. The SMILES string of the molecule is Cc1ccc(C2=C(c3cc(C(F)(F)F)ccc3OCc3ccccc3)CCC2)nc1C(=O)O. The molecule has 0 saturated carbocycles. The van der Waals surface area contributed by atoms with E-state index in [4.69, 9.17) is 4.74 Å². The highest BCUT2D eigenvalue weighted by atomic mass is 19.4. The van der Waals surface area contributed by atoms with E-state index in [9.17, 15) is 23.1 Å². The minimum Gasteiger partial charge on any atom is -0.488 e. The number of pyridine rings is 1. The van der Waals surface area contributed by atoms with Crippen LogP contribution in [-0.2, 0) is 12.8 Å². The Morgan fingerprint density at radius 2 is 1.76 bits per heavy atom. The minimum atomic E-state index is -4.50. The second-order valence-electron chi connectivity index (χ2n) is 7.96. The van der Waals surface area contributed by atoms with Crippen molar-refractivity contribution in [3.05, 3.63) is 94.3 Å². The molecule has 0 atom stereocenters. The largest absolute Gasteiger partial charge is 0.488 e. The van der Waals surface area contributed by atoms with E-state index in [1.807, 2.05) is 30.3 Å². The number of allylic oxidation sites excluding steroid dienone is 2. The van der Waals surface area contributed by atoms with Crippen molar-refractivity contribution in [1.29, 1.82) is 0 Å². The van der Waals surface area contributed by atoms with Gasteiger partial charge >= 0.3 is 12.1 Å². The van der Waals surface area contributed by atoms with Gasteiger partial charge < -0.3 is 9.84 Å². The molecule has 0 spiro atoms. The number of hydrogen-bond donors (Lipinski definition) is 1. The van der Waals surface area contributed by atoms with Gasteiger partial charge in [-0.25, -0.2) is 9.78 Å². The van der Waals surface area contributed by atoms with Gasteiger partial charge in [0.2, 0.25) is 0 Å². The molecule has 0 saturated heterocycles. The third-order valence-electron chi connectivity index (χ3n) is 5.70. The topological polar surface area (TPSA) is 59.4 Å². The van der Waals surface area contributed by atoms with E-state index in [-0.39, 0.29) is 12.3 Å². The molecule has 0 bridgehead atoms. The molecule has 0 aliphatic heterocycles. The highest BCUT2D eigenvalue weighted by Gasteiger charge is 2.32. The normalized spacial score (nSPS) is 13.9. The number of rotatable bonds is 6. The minimum absolute atomic E-state index is 0.0594. The first kappa shape index (κ1) is 22.6. The molecule has 1 aliphatic carbocycles. The summed E-state index contributed by atoms with van der Waals surface area (Å²) in [5.41, 5.74) is 2.90. The summed E-state index contributed by atoms with van der Waals surface area (Å²) >= 11 is 0. The summed E-state index contributed by atoms with van der Waals surface area (Å²) in [6.07, 6.45) is -2.61. The number of alkyl halides is 3. The van der Waals surface area contributed by atoms with Crippen molar-refractivity contribution in [2.24, 2.45) is 0 Å². The summed E-state index contributed by atoms with van der Waals surface area (Å²) in [5.74, 6) is -0.785. The molecule has 1 aliphatic rings. The fourth-order valence-corrected chi connectivity index (χ4v) is 4.04. The lowest BCUT2D eigenvalue weighted by Crippen LogP contribution is -2.07. The van der Waals surface area contributed by atoms with E-state index < -0.39 is 17.7 Å². The Labute approximate surface area is 189 Å². The maximum Gasteiger partial charge on any atom is 0.416 e. The number of carboxylic acids is 1. The van der Waals surface area contributed by atoms with Crippen LogP contribution in [0.3, 0.4) is 0 Å². The Morgan fingerprint density at radius 1 is 1.03 bits per heavy atom. The molecule has 33 heavy (non-hydrogen) atoms. The predicted molar refractivity (Wildman–Crippen MR) is 119 cm³/mol. The molecule has 2 aromatic carbocycles. The first-order valence-corrected chi connectivity index (χ1v) is 10.6. The lowest BCUT2D eigenvalue weighted by molar-refractivity contribution is -0.137. The van der Waals surface area contributed by atoms with Gasteiger partial charge in [0, 0.05) is 5.56 Å². The van der Waals surface area contributed by atoms with Crippen LogP contribution >= 0.6 is 0 Å². The molecule has 170 valence electrons. The number of carboxylic acid groups (broad SMARTS) is 1. The zero-order valence-corrected chi connectivity index (χ0v) is 17.9. The number of aromatic nitrogens is 1. The predicted octanol–water partition coefficient (Wildman–Crippen LogP) is 6.78. The van der Waals surface area contributed by atoms with Crippen molar-refractivity contribution in [2.45, 2.75) is 39.0 Å². The average Bonchev–Trinajstić information content (AvgIpc) is 3.27. The number of aryl methyl sites for hydroxylation is 1. The zero-order chi connectivity index (χ0) is 23.6. The summed E-state index contributed by atoms with van der Waals surface area (Å²) in [6, 6.07) is 16.3. The monoisotopic (exact) mass is 453 g/mol. The van der Waals surface area contributed by atoms with Gasteiger partial charge in [-0.2, -0.15) is 13.2 Å². The van der Waals surface area contributed by atoms with E-state index in [1.165, 1.54) is 6.07 Å². The molecule has 0 unspecified atom stereocenters. The quantitative estimate of drug-likeness (QED) is 0.447. The smallest absolute Gasteiger partial charge is 0.416 e. The Morgan fingerprint density at radius 3 is 2.45 bits per heavy atom. The maximum absolute atomic E-state index is 13.5. The number of hydrogen-bond acceptors (Lipinski definition) is 3. The molecule has 3 aromatic rings. The van der Waals surface area contributed by atoms with Crippen LogP contribution in [0.1, 0.15) is 57.7 Å². The van der Waals surface area contributed by atoms with Gasteiger partial charge in [0.05, 0.1) is 11.3 Å². The molecule has 1 N–H and O–H groups in total. The van der Waals surface area contributed by atoms with Crippen molar-refractivity contribution in [3.8, 4) is 5.75 Å². The zero-order valence-electron chi connectivity index (χ0n) is 17.9. The van der Waals surface area contributed by atoms with Crippen LogP contribution in [0.5, 0.6) is 5.75 Å². The highest BCUT2D eigenvalue weighted by Crippen LogP contribution is 2.44. The average molecular weight is 453 g/mol. The lowest BCUT2D eigenvalue weighted by Gasteiger charge is -2.17. The fraction of sp³-hybridized carbons (Fsp3) is 0.231. The Hall–Kier alpha value is -3.61. The van der Waals surface area contributed by atoms with Crippen LogP contribution in [-0.4, -0.2) is 16.1 Å².